The summed E-state index contributed by atoms with van der Waals surface area (Å²) in [4.78, 5) is 33.2. The van der Waals surface area contributed by atoms with Gasteiger partial charge in [-0.05, 0) is 111 Å². The predicted octanol–water partition coefficient (Wildman–Crippen LogP) is 6.88. The van der Waals surface area contributed by atoms with Crippen LogP contribution in [0.15, 0.2) is 97.1 Å². The van der Waals surface area contributed by atoms with Crippen molar-refractivity contribution in [1.82, 2.24) is 0 Å². The van der Waals surface area contributed by atoms with Crippen LogP contribution in [0.25, 0.3) is 0 Å². The molecule has 0 atom stereocenters. The van der Waals surface area contributed by atoms with E-state index in [0.717, 1.165) is 47.0 Å². The van der Waals surface area contributed by atoms with Crippen LogP contribution < -0.4 is 19.6 Å². The number of carbonyl (C=O) groups excluding carboxylic acids is 2. The third kappa shape index (κ3) is 8.23. The fourth-order valence-electron chi connectivity index (χ4n) is 4.25. The summed E-state index contributed by atoms with van der Waals surface area (Å²) in [5.74, 6) is 0.122. The number of hydrogen-bond donors (Lipinski definition) is 0. The summed E-state index contributed by atoms with van der Waals surface area (Å²) in [5, 5.41) is 0. The Labute approximate surface area is 251 Å². The Morgan fingerprint density at radius 3 is 0.810 bits per heavy atom. The molecule has 4 aromatic carbocycles. The first-order valence-electron chi connectivity index (χ1n) is 14.3. The number of hydrogen-bond acceptors (Lipinski definition) is 6. The fourth-order valence-corrected chi connectivity index (χ4v) is 4.25. The van der Waals surface area contributed by atoms with Gasteiger partial charge in [0, 0.05) is 100 Å². The molecule has 42 heavy (non-hydrogen) atoms. The molecular weight excluding hydrogens is 520 g/mol. The number of nitrogens with zero attached hydrogens (tertiary/aromatic N) is 4. The maximum absolute atomic E-state index is 12.5. The van der Waals surface area contributed by atoms with Crippen molar-refractivity contribution < 1.29 is 9.59 Å². The average molecular weight is 565 g/mol. The van der Waals surface area contributed by atoms with E-state index in [1.165, 1.54) is 0 Å². The van der Waals surface area contributed by atoms with Gasteiger partial charge in [0.2, 0.25) is 0 Å². The number of benzene rings is 4. The van der Waals surface area contributed by atoms with E-state index in [4.69, 9.17) is 0 Å². The second kappa shape index (κ2) is 14.9. The van der Waals surface area contributed by atoms with Crippen LogP contribution in [0.2, 0.25) is 0 Å². The van der Waals surface area contributed by atoms with Crippen molar-refractivity contribution in [3.8, 4) is 0 Å². The largest absolute Gasteiger partial charge is 0.378 e. The van der Waals surface area contributed by atoms with Gasteiger partial charge in [-0.3, -0.25) is 9.59 Å². The minimum atomic E-state index is 0.0561. The Morgan fingerprint density at radius 1 is 0.405 bits per heavy atom. The van der Waals surface area contributed by atoms with Crippen molar-refractivity contribution in [2.45, 2.75) is 13.8 Å². The van der Waals surface area contributed by atoms with Gasteiger partial charge in [0.25, 0.3) is 0 Å². The van der Waals surface area contributed by atoms with Gasteiger partial charge in [-0.1, -0.05) is 0 Å². The first kappa shape index (κ1) is 31.9. The molecule has 6 nitrogen and oxygen atoms in total. The molecule has 4 aromatic rings. The van der Waals surface area contributed by atoms with Crippen LogP contribution in [-0.4, -0.2) is 66.9 Å². The zero-order valence-electron chi connectivity index (χ0n) is 26.3. The van der Waals surface area contributed by atoms with Crippen molar-refractivity contribution in [1.29, 1.82) is 0 Å². The molecule has 0 saturated heterocycles. The van der Waals surface area contributed by atoms with Gasteiger partial charge in [0.05, 0.1) is 0 Å². The molecule has 0 N–H and O–H groups in total. The summed E-state index contributed by atoms with van der Waals surface area (Å²) < 4.78 is 0. The second-order valence-corrected chi connectivity index (χ2v) is 10.7. The molecule has 0 amide bonds. The van der Waals surface area contributed by atoms with Gasteiger partial charge in [-0.2, -0.15) is 0 Å². The highest BCUT2D eigenvalue weighted by atomic mass is 16.1. The highest BCUT2D eigenvalue weighted by Gasteiger charge is 2.11. The van der Waals surface area contributed by atoms with Gasteiger partial charge in [-0.15, -0.1) is 0 Å². The average Bonchev–Trinajstić information content (AvgIpc) is 3.03. The molecule has 0 spiro atoms. The molecule has 0 aliphatic heterocycles. The molecule has 220 valence electrons. The highest BCUT2D eigenvalue weighted by molar-refractivity contribution is 6.09. The van der Waals surface area contributed by atoms with E-state index in [1.807, 2.05) is 149 Å². The van der Waals surface area contributed by atoms with E-state index in [-0.39, 0.29) is 11.6 Å². The van der Waals surface area contributed by atoms with Crippen LogP contribution in [0.3, 0.4) is 0 Å². The van der Waals surface area contributed by atoms with Crippen molar-refractivity contribution in [2.24, 2.45) is 0 Å². The summed E-state index contributed by atoms with van der Waals surface area (Å²) in [6.07, 6.45) is 0. The van der Waals surface area contributed by atoms with Crippen LogP contribution in [0.1, 0.15) is 45.7 Å². The topological polar surface area (TPSA) is 47.1 Å². The molecule has 0 aromatic heterocycles. The van der Waals surface area contributed by atoms with Crippen molar-refractivity contribution in [2.75, 3.05) is 75.0 Å². The second-order valence-electron chi connectivity index (χ2n) is 10.7. The molecule has 0 radical (unpaired) electrons. The van der Waals surface area contributed by atoms with Gasteiger partial charge < -0.3 is 19.6 Å². The summed E-state index contributed by atoms with van der Waals surface area (Å²) >= 11 is 0. The molecule has 0 aliphatic carbocycles. The quantitative estimate of drug-likeness (QED) is 0.196. The first-order chi connectivity index (χ1) is 20.0. The van der Waals surface area contributed by atoms with E-state index in [2.05, 4.69) is 23.6 Å². The fraction of sp³-hybridized carbons (Fsp3) is 0.278. The zero-order valence-corrected chi connectivity index (χ0v) is 26.3. The Kier molecular flexibility index (Phi) is 11.3. The van der Waals surface area contributed by atoms with E-state index in [1.54, 1.807) is 0 Å². The minimum absolute atomic E-state index is 0.0561. The lowest BCUT2D eigenvalue weighted by molar-refractivity contribution is 0.103. The smallest absolute Gasteiger partial charge is 0.193 e. The molecule has 6 heteroatoms. The Hall–Kier alpha value is -4.58. The third-order valence-electron chi connectivity index (χ3n) is 7.38. The number of anilines is 4. The van der Waals surface area contributed by atoms with Gasteiger partial charge in [-0.25, -0.2) is 0 Å². The summed E-state index contributed by atoms with van der Waals surface area (Å²) in [6, 6.07) is 30.9. The standard InChI is InChI=1S/C19H24N2O.C17H20N2O/c1-5-20(3)17-11-7-15(8-12-17)19(22)16-9-13-18(14-10-16)21(4)6-2;1-18(2)15-9-5-13(6-10-15)17(20)14-7-11-16(12-8-14)19(3)4/h7-14H,5-6H2,1-4H3;5-12H,1-4H3. The van der Waals surface area contributed by atoms with Gasteiger partial charge in [0.15, 0.2) is 11.6 Å². The normalized spacial score (nSPS) is 10.3. The number of ketones is 2. The van der Waals surface area contributed by atoms with E-state index in [9.17, 15) is 9.59 Å². The third-order valence-corrected chi connectivity index (χ3v) is 7.38. The summed E-state index contributed by atoms with van der Waals surface area (Å²) in [6.45, 7) is 6.10. The van der Waals surface area contributed by atoms with Crippen LogP contribution >= 0.6 is 0 Å². The molecule has 4 rings (SSSR count). The lowest BCUT2D eigenvalue weighted by atomic mass is 10.0. The maximum Gasteiger partial charge on any atom is 0.193 e. The van der Waals surface area contributed by atoms with Crippen LogP contribution in [-0.2, 0) is 0 Å². The predicted molar refractivity (Wildman–Crippen MR) is 179 cm³/mol. The molecule has 0 bridgehead atoms. The number of carbonyl (C=O) groups is 2. The maximum atomic E-state index is 12.5. The van der Waals surface area contributed by atoms with Crippen LogP contribution in [0.4, 0.5) is 22.7 Å². The summed E-state index contributed by atoms with van der Waals surface area (Å²) in [7, 11) is 12.0. The van der Waals surface area contributed by atoms with Crippen molar-refractivity contribution in [3.63, 3.8) is 0 Å². The Morgan fingerprint density at radius 2 is 0.619 bits per heavy atom. The van der Waals surface area contributed by atoms with E-state index >= 15 is 0 Å². The first-order valence-corrected chi connectivity index (χ1v) is 14.3. The van der Waals surface area contributed by atoms with E-state index in [0.29, 0.717) is 11.1 Å². The lowest BCUT2D eigenvalue weighted by Crippen LogP contribution is -2.16. The van der Waals surface area contributed by atoms with Crippen molar-refractivity contribution >= 4 is 34.3 Å². The molecule has 0 heterocycles. The van der Waals surface area contributed by atoms with Gasteiger partial charge >= 0.3 is 0 Å². The highest BCUT2D eigenvalue weighted by Crippen LogP contribution is 2.20. The zero-order chi connectivity index (χ0) is 30.8. The molecule has 0 fully saturated rings. The van der Waals surface area contributed by atoms with Crippen LogP contribution in [0, 0.1) is 0 Å². The molecule has 0 saturated carbocycles. The summed E-state index contributed by atoms with van der Waals surface area (Å²) in [5.41, 5.74) is 7.31. The SMILES string of the molecule is CCN(C)c1ccc(C(=O)c2ccc(N(C)CC)cc2)cc1.CN(C)c1ccc(C(=O)c2ccc(N(C)C)cc2)cc1. The van der Waals surface area contributed by atoms with Crippen LogP contribution in [0.5, 0.6) is 0 Å². The molecular formula is C36H44N4O2. The Balaban J connectivity index is 0.000000231. The lowest BCUT2D eigenvalue weighted by Gasteiger charge is -2.17. The number of rotatable bonds is 10. The Bertz CT molecular complexity index is 1320. The van der Waals surface area contributed by atoms with Crippen molar-refractivity contribution in [3.05, 3.63) is 119 Å². The monoisotopic (exact) mass is 564 g/mol. The minimum Gasteiger partial charge on any atom is -0.378 e. The van der Waals surface area contributed by atoms with Gasteiger partial charge in [0.1, 0.15) is 0 Å². The molecule has 0 unspecified atom stereocenters. The molecule has 0 aliphatic rings. The van der Waals surface area contributed by atoms with E-state index < -0.39 is 0 Å².